The van der Waals surface area contributed by atoms with Crippen LogP contribution in [0.1, 0.15) is 32.8 Å². The number of aliphatic hydroxyl groups excluding tert-OH is 1. The van der Waals surface area contributed by atoms with Crippen LogP contribution in [0.3, 0.4) is 0 Å². The molecule has 206 valence electrons. The molecule has 3 N–H and O–H groups in total. The lowest BCUT2D eigenvalue weighted by Crippen LogP contribution is -2.37. The molecule has 3 aromatic rings. The number of nitrogens with zero attached hydrogens (tertiary/aromatic N) is 3. The van der Waals surface area contributed by atoms with Crippen LogP contribution in [0.5, 0.6) is 5.75 Å². The van der Waals surface area contributed by atoms with Gasteiger partial charge in [-0.2, -0.15) is 0 Å². The van der Waals surface area contributed by atoms with E-state index in [1.165, 1.54) is 10.9 Å². The van der Waals surface area contributed by atoms with E-state index < -0.39 is 48.8 Å². The largest absolute Gasteiger partial charge is 0.462 e. The van der Waals surface area contributed by atoms with Crippen LogP contribution < -0.4 is 15.2 Å². The second-order valence-electron chi connectivity index (χ2n) is 9.01. The number of fused-ring (bicyclic) bond motifs is 1. The second-order valence-corrected chi connectivity index (χ2v) is 12.1. The summed E-state index contributed by atoms with van der Waals surface area (Å²) in [6.45, 7) is 2.78. The van der Waals surface area contributed by atoms with Crippen LogP contribution in [0, 0.1) is 6.92 Å². The number of aliphatic hydroxyl groups is 1. The van der Waals surface area contributed by atoms with Gasteiger partial charge in [0.05, 0.1) is 19.0 Å². The van der Waals surface area contributed by atoms with Gasteiger partial charge >= 0.3 is 12.6 Å². The van der Waals surface area contributed by atoms with Crippen molar-refractivity contribution in [1.29, 1.82) is 0 Å². The first-order chi connectivity index (χ1) is 18.0. The number of carbonyl (C=O) groups is 1. The Balaban J connectivity index is 1.52. The van der Waals surface area contributed by atoms with Crippen molar-refractivity contribution in [3.63, 3.8) is 0 Å². The highest BCUT2D eigenvalue weighted by Crippen LogP contribution is 2.46. The van der Waals surface area contributed by atoms with E-state index in [-0.39, 0.29) is 23.9 Å². The molecule has 0 aliphatic carbocycles. The predicted molar refractivity (Wildman–Crippen MR) is 139 cm³/mol. The number of nitrogens with one attached hydrogen (secondary N) is 2. The third kappa shape index (κ3) is 6.28. The molecule has 6 atom stereocenters. The van der Waals surface area contributed by atoms with Gasteiger partial charge in [0.2, 0.25) is 0 Å². The Morgan fingerprint density at radius 2 is 2.05 bits per heavy atom. The lowest BCUT2D eigenvalue weighted by molar-refractivity contribution is -0.149. The molecule has 0 radical (unpaired) electrons. The molecule has 2 unspecified atom stereocenters. The Bertz CT molecular complexity index is 1390. The van der Waals surface area contributed by atoms with Crippen LogP contribution in [0.2, 0.25) is 0 Å². The molecule has 3 heterocycles. The zero-order valence-corrected chi connectivity index (χ0v) is 22.8. The van der Waals surface area contributed by atoms with E-state index in [9.17, 15) is 14.7 Å². The van der Waals surface area contributed by atoms with Crippen molar-refractivity contribution in [2.24, 2.45) is 0 Å². The zero-order valence-electron chi connectivity index (χ0n) is 21.1. The van der Waals surface area contributed by atoms with Crippen LogP contribution >= 0.6 is 6.64 Å². The number of benzene rings is 1. The summed E-state index contributed by atoms with van der Waals surface area (Å²) in [7, 11) is 0. The van der Waals surface area contributed by atoms with Crippen molar-refractivity contribution >= 4 is 35.6 Å². The fraction of sp³-hybridized carbons (Fsp3) is 0.478. The summed E-state index contributed by atoms with van der Waals surface area (Å²) in [5.41, 5.74) is -0.349. The maximum Gasteiger partial charge on any atom is 0.323 e. The Morgan fingerprint density at radius 1 is 1.34 bits per heavy atom. The first-order valence-electron chi connectivity index (χ1n) is 11.9. The summed E-state index contributed by atoms with van der Waals surface area (Å²) in [6.07, 6.45) is -5.07. The van der Waals surface area contributed by atoms with Gasteiger partial charge in [0.1, 0.15) is 29.8 Å². The van der Waals surface area contributed by atoms with Gasteiger partial charge in [-0.3, -0.25) is 14.2 Å². The molecule has 1 fully saturated rings. The highest BCUT2D eigenvalue weighted by Gasteiger charge is 2.47. The molecule has 38 heavy (non-hydrogen) atoms. The first-order valence-corrected chi connectivity index (χ1v) is 14.5. The van der Waals surface area contributed by atoms with Crippen molar-refractivity contribution in [1.82, 2.24) is 24.6 Å². The average Bonchev–Trinajstić information content (AvgIpc) is 3.39. The van der Waals surface area contributed by atoms with E-state index in [0.29, 0.717) is 11.6 Å². The average molecular weight is 570 g/mol. The molecule has 1 aliphatic rings. The smallest absolute Gasteiger partial charge is 0.323 e. The Labute approximate surface area is 222 Å². The predicted octanol–water partition coefficient (Wildman–Crippen LogP) is 2.27. The quantitative estimate of drug-likeness (QED) is 0.244. The van der Waals surface area contributed by atoms with E-state index in [1.54, 1.807) is 58.0 Å². The number of hydrogen-bond acceptors (Lipinski definition) is 10. The minimum Gasteiger partial charge on any atom is -0.462 e. The first kappa shape index (κ1) is 28.3. The van der Waals surface area contributed by atoms with Gasteiger partial charge in [-0.25, -0.2) is 19.4 Å². The molecule has 0 saturated carbocycles. The van der Waals surface area contributed by atoms with Crippen LogP contribution in [0.25, 0.3) is 11.2 Å². The van der Waals surface area contributed by atoms with E-state index in [2.05, 4.69) is 20.0 Å². The number of ether oxygens (including phenoxy) is 2. The van der Waals surface area contributed by atoms with Crippen molar-refractivity contribution in [3.8, 4) is 5.75 Å². The van der Waals surface area contributed by atoms with Crippen LogP contribution in [-0.2, 0) is 30.6 Å². The Kier molecular flexibility index (Phi) is 8.60. The number of aromatic amines is 1. The third-order valence-electron chi connectivity index (χ3n) is 5.55. The number of carbonyl (C=O) groups excluding carboxylic acids is 1. The molecule has 12 nitrogen and oxygen atoms in total. The number of aryl methyl sites for hydroxylation is 1. The van der Waals surface area contributed by atoms with Crippen molar-refractivity contribution in [2.75, 3.05) is 6.61 Å². The number of hydrogen-bond donors (Lipinski definition) is 3. The number of alkyl halides is 1. The van der Waals surface area contributed by atoms with Gasteiger partial charge in [0.25, 0.3) is 5.56 Å². The minimum absolute atomic E-state index is 0.0128. The lowest BCUT2D eigenvalue weighted by Gasteiger charge is -2.28. The van der Waals surface area contributed by atoms with Crippen LogP contribution in [-0.4, -0.2) is 67.7 Å². The normalized spacial score (nSPS) is 23.9. The summed E-state index contributed by atoms with van der Waals surface area (Å²) >= 11 is 5.65. The van der Waals surface area contributed by atoms with E-state index in [1.807, 2.05) is 0 Å². The molecule has 15 heteroatoms. The van der Waals surface area contributed by atoms with Gasteiger partial charge in [-0.05, 0) is 51.6 Å². The number of rotatable bonds is 10. The molecule has 1 saturated heterocycles. The molecule has 0 amide bonds. The molecule has 1 aliphatic heterocycles. The second kappa shape index (κ2) is 11.6. The van der Waals surface area contributed by atoms with E-state index in [4.69, 9.17) is 30.3 Å². The van der Waals surface area contributed by atoms with Gasteiger partial charge in [-0.15, -0.1) is 0 Å². The summed E-state index contributed by atoms with van der Waals surface area (Å²) in [6, 6.07) is 7.72. The van der Waals surface area contributed by atoms with Crippen molar-refractivity contribution < 1.29 is 32.8 Å². The van der Waals surface area contributed by atoms with E-state index >= 15 is 4.39 Å². The molecule has 0 spiro atoms. The minimum atomic E-state index is -3.43. The number of H-pyrrole nitrogens is 1. The van der Waals surface area contributed by atoms with Crippen molar-refractivity contribution in [3.05, 3.63) is 52.8 Å². The molecular formula is C23H29FN5O7PS. The number of para-hydroxylation sites is 1. The highest BCUT2D eigenvalue weighted by atomic mass is 32.5. The van der Waals surface area contributed by atoms with Crippen LogP contribution in [0.15, 0.2) is 41.5 Å². The number of esters is 1. The molecular weight excluding hydrogens is 540 g/mol. The fourth-order valence-corrected chi connectivity index (χ4v) is 6.21. The molecule has 1 aromatic carbocycles. The number of aromatic nitrogens is 4. The molecule has 2 aromatic heterocycles. The summed E-state index contributed by atoms with van der Waals surface area (Å²) in [5, 5.41) is 13.5. The van der Waals surface area contributed by atoms with Gasteiger partial charge in [0.15, 0.2) is 23.6 Å². The topological polar surface area (TPSA) is 150 Å². The molecule has 0 bridgehead atoms. The summed E-state index contributed by atoms with van der Waals surface area (Å²) in [4.78, 5) is 35.3. The maximum atomic E-state index is 15.2. The standard InChI is InChI=1S/C23H29FN5O7PS/c1-12(2)34-23(32)13(3)28-37(38,36-15-8-6-5-7-9-15)33-10-16-19(30)17(24)22(35-16)29-11-25-18-20(29)26-14(4)27-21(18)31/h5-9,11-13,16-17,19,22,30H,10H2,1-4H3,(H,28,38)(H,26,27,31)/t13?,16-,17-,19-,22-,37?/m1/s1. The van der Waals surface area contributed by atoms with Crippen molar-refractivity contribution in [2.45, 2.75) is 64.4 Å². The maximum absolute atomic E-state index is 15.2. The fourth-order valence-electron chi connectivity index (χ4n) is 3.79. The van der Waals surface area contributed by atoms with Crippen LogP contribution in [0.4, 0.5) is 4.39 Å². The summed E-state index contributed by atoms with van der Waals surface area (Å²) in [5.74, 6) is 0.145. The number of imidazole rings is 1. The Morgan fingerprint density at radius 3 is 2.74 bits per heavy atom. The van der Waals surface area contributed by atoms with Gasteiger partial charge in [0, 0.05) is 0 Å². The molecule has 4 rings (SSSR count). The number of halogens is 1. The Hall–Kier alpha value is -2.74. The van der Waals surface area contributed by atoms with Gasteiger partial charge < -0.3 is 28.6 Å². The summed E-state index contributed by atoms with van der Waals surface area (Å²) < 4.78 is 39.3. The monoisotopic (exact) mass is 569 g/mol. The van der Waals surface area contributed by atoms with E-state index in [0.717, 1.165) is 0 Å². The highest BCUT2D eigenvalue weighted by molar-refractivity contribution is 8.09. The SMILES string of the molecule is Cc1nc2c(ncn2[C@@H]2O[C@H](COP(=S)(NC(C)C(=O)OC(C)C)Oc3ccccc3)[C@@H](O)[C@H]2F)c(=O)[nH]1. The lowest BCUT2D eigenvalue weighted by atomic mass is 10.1. The van der Waals surface area contributed by atoms with Gasteiger partial charge in [-0.1, -0.05) is 18.2 Å². The third-order valence-corrected chi connectivity index (χ3v) is 8.05. The zero-order chi connectivity index (χ0) is 27.6.